The van der Waals surface area contributed by atoms with Crippen LogP contribution >= 0.6 is 46.1 Å². The molecule has 0 aliphatic carbocycles. The lowest BCUT2D eigenvalue weighted by molar-refractivity contribution is -0.593. The topological polar surface area (TPSA) is 24.7 Å². The highest BCUT2D eigenvalue weighted by Gasteiger charge is 2.43. The van der Waals surface area contributed by atoms with Crippen molar-refractivity contribution in [3.8, 4) is 0 Å². The van der Waals surface area contributed by atoms with Gasteiger partial charge in [0.2, 0.25) is 5.70 Å². The van der Waals surface area contributed by atoms with Gasteiger partial charge in [0.05, 0.1) is 35.0 Å². The van der Waals surface area contributed by atoms with Gasteiger partial charge >= 0.3 is 0 Å². The molecule has 0 saturated carbocycles. The summed E-state index contributed by atoms with van der Waals surface area (Å²) in [5.41, 5.74) is 0.932. The molecular formula is C7H6ClIN3S+. The lowest BCUT2D eigenvalue weighted by atomic mass is 10.4. The van der Waals surface area contributed by atoms with Crippen LogP contribution < -0.4 is 0 Å². The van der Waals surface area contributed by atoms with E-state index in [0.29, 0.717) is 0 Å². The summed E-state index contributed by atoms with van der Waals surface area (Å²) in [7, 11) is 0. The third-order valence-corrected chi connectivity index (χ3v) is 4.21. The van der Waals surface area contributed by atoms with E-state index in [1.54, 1.807) is 24.2 Å². The van der Waals surface area contributed by atoms with Gasteiger partial charge in [-0.3, -0.25) is 4.99 Å². The van der Waals surface area contributed by atoms with Crippen molar-refractivity contribution in [2.24, 2.45) is 9.98 Å². The third kappa shape index (κ3) is 1.38. The number of allylic oxidation sites excluding steroid dienone is 1. The minimum atomic E-state index is 0.139. The smallest absolute Gasteiger partial charge is 0.253 e. The standard InChI is InChI=1S/C7H6ClIN3S/c1-13-6-5-4-10-2-3-12(5,8)7(9)11-6/h2-4H,1H3/q+1. The first-order valence-electron chi connectivity index (χ1n) is 3.51. The SMILES string of the molecule is CSC1=C2C=NC=C[N+]2(Cl)C(I)=N1. The zero-order chi connectivity index (χ0) is 9.47. The molecule has 3 nitrogen and oxygen atoms in total. The normalized spacial score (nSPS) is 30.8. The molecule has 0 amide bonds. The maximum Gasteiger partial charge on any atom is 0.293 e. The Kier molecular flexibility index (Phi) is 2.52. The van der Waals surface area contributed by atoms with Crippen LogP contribution in [0.15, 0.2) is 33.1 Å². The highest BCUT2D eigenvalue weighted by Crippen LogP contribution is 2.40. The molecule has 2 aliphatic heterocycles. The highest BCUT2D eigenvalue weighted by atomic mass is 127. The summed E-state index contributed by atoms with van der Waals surface area (Å²) in [5, 5.41) is 0.938. The Morgan fingerprint density at radius 2 is 2.38 bits per heavy atom. The largest absolute Gasteiger partial charge is 0.293 e. The van der Waals surface area contributed by atoms with E-state index in [2.05, 4.69) is 32.6 Å². The molecule has 2 heterocycles. The average Bonchev–Trinajstić information content (AvgIpc) is 2.39. The molecule has 1 atom stereocenters. The van der Waals surface area contributed by atoms with Crippen LogP contribution in [0, 0.1) is 0 Å². The van der Waals surface area contributed by atoms with Gasteiger partial charge in [-0.2, -0.15) is 4.99 Å². The van der Waals surface area contributed by atoms with Crippen molar-refractivity contribution in [3.05, 3.63) is 23.1 Å². The number of fused-ring (bicyclic) bond motifs is 1. The van der Waals surface area contributed by atoms with E-state index in [1.165, 1.54) is 0 Å². The zero-order valence-corrected chi connectivity index (χ0v) is 10.5. The summed E-state index contributed by atoms with van der Waals surface area (Å²) in [6.45, 7) is 0. The van der Waals surface area contributed by atoms with Crippen molar-refractivity contribution < 1.29 is 4.00 Å². The van der Waals surface area contributed by atoms with Crippen molar-refractivity contribution in [2.75, 3.05) is 6.26 Å². The summed E-state index contributed by atoms with van der Waals surface area (Å²) < 4.78 is 0.973. The Morgan fingerprint density at radius 1 is 1.62 bits per heavy atom. The molecule has 1 unspecified atom stereocenters. The van der Waals surface area contributed by atoms with E-state index in [4.69, 9.17) is 11.8 Å². The molecule has 13 heavy (non-hydrogen) atoms. The van der Waals surface area contributed by atoms with Crippen molar-refractivity contribution >= 4 is 56.2 Å². The Bertz CT molecular complexity index is 374. The molecule has 0 aromatic carbocycles. The number of halogens is 2. The zero-order valence-electron chi connectivity index (χ0n) is 6.74. The second-order valence-electron chi connectivity index (χ2n) is 2.49. The van der Waals surface area contributed by atoms with Crippen LogP contribution in [0.25, 0.3) is 0 Å². The van der Waals surface area contributed by atoms with E-state index >= 15 is 0 Å². The molecule has 2 rings (SSSR count). The lowest BCUT2D eigenvalue weighted by Gasteiger charge is -2.19. The molecule has 0 spiro atoms. The molecule has 0 fully saturated rings. The van der Waals surface area contributed by atoms with E-state index in [9.17, 15) is 0 Å². The molecule has 6 heteroatoms. The Morgan fingerprint density at radius 3 is 3.08 bits per heavy atom. The molecule has 68 valence electrons. The third-order valence-electron chi connectivity index (χ3n) is 1.78. The number of rotatable bonds is 1. The van der Waals surface area contributed by atoms with Gasteiger partial charge in [0.25, 0.3) is 3.84 Å². The monoisotopic (exact) mass is 326 g/mol. The fourth-order valence-electron chi connectivity index (χ4n) is 1.13. The van der Waals surface area contributed by atoms with Gasteiger partial charge in [-0.25, -0.2) is 0 Å². The van der Waals surface area contributed by atoms with Gasteiger partial charge in [-0.1, -0.05) is 0 Å². The van der Waals surface area contributed by atoms with Crippen LogP contribution in [-0.4, -0.2) is 20.3 Å². The second-order valence-corrected chi connectivity index (χ2v) is 4.78. The van der Waals surface area contributed by atoms with E-state index in [0.717, 1.165) is 14.6 Å². The van der Waals surface area contributed by atoms with Crippen LogP contribution in [0.1, 0.15) is 0 Å². The molecule has 0 N–H and O–H groups in total. The van der Waals surface area contributed by atoms with E-state index in [-0.39, 0.29) is 4.00 Å². The number of hydrogen-bond donors (Lipinski definition) is 0. The average molecular weight is 327 g/mol. The molecule has 0 bridgehead atoms. The molecule has 0 saturated heterocycles. The van der Waals surface area contributed by atoms with Gasteiger partial charge in [0.15, 0.2) is 16.8 Å². The summed E-state index contributed by atoms with van der Waals surface area (Å²) in [4.78, 5) is 8.41. The highest BCUT2D eigenvalue weighted by molar-refractivity contribution is 14.1. The summed E-state index contributed by atoms with van der Waals surface area (Å²) in [5.74, 6) is 0. The molecule has 0 radical (unpaired) electrons. The van der Waals surface area contributed by atoms with E-state index < -0.39 is 0 Å². The molecule has 0 aromatic rings. The number of nitrogens with zero attached hydrogens (tertiary/aromatic N) is 3. The van der Waals surface area contributed by atoms with Crippen LogP contribution in [0.4, 0.5) is 0 Å². The minimum absolute atomic E-state index is 0.139. The maximum absolute atomic E-state index is 6.35. The first-order chi connectivity index (χ1) is 6.18. The number of hydrogen-bond acceptors (Lipinski definition) is 3. The predicted molar refractivity (Wildman–Crippen MR) is 65.7 cm³/mol. The molecular weight excluding hydrogens is 321 g/mol. The lowest BCUT2D eigenvalue weighted by Crippen LogP contribution is -2.33. The number of quaternary nitrogens is 1. The Balaban J connectivity index is 2.56. The number of amidine groups is 1. The van der Waals surface area contributed by atoms with Gasteiger partial charge in [-0.05, 0) is 6.26 Å². The fraction of sp³-hybridized carbons (Fsp3) is 0.143. The maximum atomic E-state index is 6.35. The van der Waals surface area contributed by atoms with Crippen molar-refractivity contribution in [1.82, 2.24) is 0 Å². The van der Waals surface area contributed by atoms with Crippen molar-refractivity contribution in [3.63, 3.8) is 0 Å². The second kappa shape index (κ2) is 3.38. The van der Waals surface area contributed by atoms with Crippen molar-refractivity contribution in [1.29, 1.82) is 0 Å². The fourth-order valence-corrected chi connectivity index (χ4v) is 2.80. The first kappa shape index (κ1) is 9.70. The first-order valence-corrected chi connectivity index (χ1v) is 6.15. The Labute approximate surface area is 99.1 Å². The minimum Gasteiger partial charge on any atom is -0.253 e. The van der Waals surface area contributed by atoms with Crippen LogP contribution in [-0.2, 0) is 0 Å². The summed E-state index contributed by atoms with van der Waals surface area (Å²) in [6.07, 6.45) is 7.24. The van der Waals surface area contributed by atoms with Gasteiger partial charge < -0.3 is 0 Å². The van der Waals surface area contributed by atoms with Gasteiger partial charge in [0, 0.05) is 0 Å². The van der Waals surface area contributed by atoms with Gasteiger partial charge in [-0.15, -0.1) is 15.8 Å². The quantitative estimate of drug-likeness (QED) is 0.413. The molecule has 0 aromatic heterocycles. The van der Waals surface area contributed by atoms with Crippen LogP contribution in [0.5, 0.6) is 0 Å². The van der Waals surface area contributed by atoms with Crippen LogP contribution in [0.2, 0.25) is 0 Å². The van der Waals surface area contributed by atoms with Crippen LogP contribution in [0.3, 0.4) is 0 Å². The van der Waals surface area contributed by atoms with Gasteiger partial charge in [0.1, 0.15) is 6.20 Å². The molecule has 2 aliphatic rings. The van der Waals surface area contributed by atoms with Crippen molar-refractivity contribution in [2.45, 2.75) is 0 Å². The summed E-state index contributed by atoms with van der Waals surface area (Å²) >= 11 is 10.1. The number of aliphatic imine (C=N–C) groups is 2. The Hall–Kier alpha value is 0.150. The summed E-state index contributed by atoms with van der Waals surface area (Å²) in [6, 6.07) is 0. The predicted octanol–water partition coefficient (Wildman–Crippen LogP) is 2.85. The van der Waals surface area contributed by atoms with E-state index in [1.807, 2.05) is 12.5 Å². The number of thioether (sulfide) groups is 1.